The zero-order chi connectivity index (χ0) is 19.6. The zero-order valence-electron chi connectivity index (χ0n) is 15.6. The second-order valence-electron chi connectivity index (χ2n) is 6.84. The summed E-state index contributed by atoms with van der Waals surface area (Å²) in [7, 11) is 0. The van der Waals surface area contributed by atoms with Gasteiger partial charge in [-0.3, -0.25) is 15.0 Å². The predicted molar refractivity (Wildman–Crippen MR) is 115 cm³/mol. The molecule has 1 aliphatic heterocycles. The maximum Gasteiger partial charge on any atom is 0.142 e. The highest BCUT2D eigenvalue weighted by molar-refractivity contribution is 5.97. The Balaban J connectivity index is 1.65. The molecule has 29 heavy (non-hydrogen) atoms. The highest BCUT2D eigenvalue weighted by Crippen LogP contribution is 2.33. The standard InChI is InChI=1S/C24H18N4O/c29-16-19-15-24(28(27-19)20-4-2-1-3-5-20)18-6-7-23-22(14-18)21(10-13-26-23)17-8-11-25-12-9-17/h1-16,19,27H. The fraction of sp³-hybridized carbons (Fsp3) is 0.0417. The molecule has 2 aromatic carbocycles. The van der Waals surface area contributed by atoms with E-state index in [9.17, 15) is 4.79 Å². The topological polar surface area (TPSA) is 58.1 Å². The van der Waals surface area contributed by atoms with Crippen LogP contribution in [0.25, 0.3) is 27.7 Å². The highest BCUT2D eigenvalue weighted by Gasteiger charge is 2.25. The van der Waals surface area contributed by atoms with E-state index in [1.807, 2.05) is 77.9 Å². The SMILES string of the molecule is O=CC1C=C(c2ccc3nccc(-c4ccncc4)c3c2)N(c2ccccc2)N1. The number of fused-ring (bicyclic) bond motifs is 1. The van der Waals surface area contributed by atoms with Gasteiger partial charge in [-0.05, 0) is 59.7 Å². The minimum atomic E-state index is -0.366. The van der Waals surface area contributed by atoms with E-state index in [-0.39, 0.29) is 6.04 Å². The molecule has 2 aromatic heterocycles. The van der Waals surface area contributed by atoms with Crippen LogP contribution in [-0.2, 0) is 4.79 Å². The van der Waals surface area contributed by atoms with Crippen LogP contribution in [0.5, 0.6) is 0 Å². The number of hydrogen-bond acceptors (Lipinski definition) is 5. The Kier molecular flexibility index (Phi) is 4.35. The average Bonchev–Trinajstić information content (AvgIpc) is 3.24. The van der Waals surface area contributed by atoms with E-state index in [0.29, 0.717) is 0 Å². The third kappa shape index (κ3) is 3.17. The van der Waals surface area contributed by atoms with Crippen molar-refractivity contribution in [2.75, 3.05) is 5.01 Å². The molecule has 0 bridgehead atoms. The average molecular weight is 378 g/mol. The molecule has 0 aliphatic carbocycles. The molecule has 0 amide bonds. The second kappa shape index (κ2) is 7.30. The Morgan fingerprint density at radius 2 is 1.72 bits per heavy atom. The van der Waals surface area contributed by atoms with E-state index in [0.717, 1.165) is 45.3 Å². The first-order chi connectivity index (χ1) is 14.3. The maximum absolute atomic E-state index is 11.5. The van der Waals surface area contributed by atoms with E-state index < -0.39 is 0 Å². The Labute approximate surface area is 168 Å². The van der Waals surface area contributed by atoms with Crippen molar-refractivity contribution in [3.63, 3.8) is 0 Å². The Bertz CT molecular complexity index is 1210. The summed E-state index contributed by atoms with van der Waals surface area (Å²) in [4.78, 5) is 20.1. The molecule has 0 saturated heterocycles. The lowest BCUT2D eigenvalue weighted by atomic mass is 9.99. The van der Waals surface area contributed by atoms with Gasteiger partial charge in [-0.2, -0.15) is 0 Å². The first kappa shape index (κ1) is 17.3. The van der Waals surface area contributed by atoms with Gasteiger partial charge in [0.15, 0.2) is 0 Å². The smallest absolute Gasteiger partial charge is 0.142 e. The number of benzene rings is 2. The Hall–Kier alpha value is -3.83. The van der Waals surface area contributed by atoms with E-state index in [2.05, 4.69) is 21.5 Å². The van der Waals surface area contributed by atoms with Crippen molar-refractivity contribution in [1.29, 1.82) is 0 Å². The normalized spacial score (nSPS) is 16.1. The van der Waals surface area contributed by atoms with Crippen molar-refractivity contribution in [3.05, 3.63) is 97.0 Å². The third-order valence-electron chi connectivity index (χ3n) is 5.05. The molecular weight excluding hydrogens is 360 g/mol. The number of aldehydes is 1. The van der Waals surface area contributed by atoms with Crippen LogP contribution in [0.1, 0.15) is 5.56 Å². The summed E-state index contributed by atoms with van der Waals surface area (Å²) in [5.41, 5.74) is 9.30. The summed E-state index contributed by atoms with van der Waals surface area (Å²) in [5.74, 6) is 0. The molecule has 5 heteroatoms. The molecule has 1 unspecified atom stereocenters. The first-order valence-corrected chi connectivity index (χ1v) is 9.41. The van der Waals surface area contributed by atoms with Crippen LogP contribution in [0.2, 0.25) is 0 Å². The van der Waals surface area contributed by atoms with Crippen molar-refractivity contribution < 1.29 is 4.79 Å². The van der Waals surface area contributed by atoms with Gasteiger partial charge in [0.05, 0.1) is 16.9 Å². The van der Waals surface area contributed by atoms with Crippen LogP contribution in [0.4, 0.5) is 5.69 Å². The maximum atomic E-state index is 11.5. The quantitative estimate of drug-likeness (QED) is 0.539. The molecule has 1 aliphatic rings. The number of anilines is 1. The zero-order valence-corrected chi connectivity index (χ0v) is 15.6. The first-order valence-electron chi connectivity index (χ1n) is 9.41. The van der Waals surface area contributed by atoms with E-state index in [1.165, 1.54) is 0 Å². The molecule has 140 valence electrons. The molecule has 3 heterocycles. The minimum absolute atomic E-state index is 0.366. The van der Waals surface area contributed by atoms with E-state index in [4.69, 9.17) is 0 Å². The largest absolute Gasteiger partial charge is 0.301 e. The molecule has 1 N–H and O–H groups in total. The summed E-state index contributed by atoms with van der Waals surface area (Å²) in [6, 6.07) is 21.8. The third-order valence-corrected chi connectivity index (χ3v) is 5.05. The number of carbonyl (C=O) groups is 1. The summed E-state index contributed by atoms with van der Waals surface area (Å²) in [6.45, 7) is 0. The number of nitrogens with one attached hydrogen (secondary N) is 1. The monoisotopic (exact) mass is 378 g/mol. The van der Waals surface area contributed by atoms with Gasteiger partial charge in [-0.15, -0.1) is 0 Å². The van der Waals surface area contributed by atoms with Gasteiger partial charge in [-0.1, -0.05) is 24.3 Å². The molecule has 0 saturated carbocycles. The lowest BCUT2D eigenvalue weighted by Crippen LogP contribution is -2.37. The number of rotatable bonds is 4. The van der Waals surface area contributed by atoms with Gasteiger partial charge in [0.25, 0.3) is 0 Å². The van der Waals surface area contributed by atoms with E-state index in [1.54, 1.807) is 12.4 Å². The predicted octanol–water partition coefficient (Wildman–Crippen LogP) is 4.23. The van der Waals surface area contributed by atoms with E-state index >= 15 is 0 Å². The number of pyridine rings is 2. The molecule has 5 nitrogen and oxygen atoms in total. The number of hydrogen-bond donors (Lipinski definition) is 1. The fourth-order valence-corrected chi connectivity index (χ4v) is 3.67. The Morgan fingerprint density at radius 1 is 0.897 bits per heavy atom. The number of carbonyl (C=O) groups excluding carboxylic acids is 1. The van der Waals surface area contributed by atoms with Crippen LogP contribution >= 0.6 is 0 Å². The lowest BCUT2D eigenvalue weighted by Gasteiger charge is -2.23. The second-order valence-corrected chi connectivity index (χ2v) is 6.84. The van der Waals surface area contributed by atoms with Crippen LogP contribution in [-0.4, -0.2) is 22.3 Å². The van der Waals surface area contributed by atoms with Crippen LogP contribution in [0.15, 0.2) is 91.4 Å². The number of hydrazine groups is 1. The van der Waals surface area contributed by atoms with Gasteiger partial charge in [0, 0.05) is 29.5 Å². The molecule has 5 rings (SSSR count). The molecule has 1 atom stereocenters. The van der Waals surface area contributed by atoms with Crippen molar-refractivity contribution in [2.45, 2.75) is 6.04 Å². The molecule has 4 aromatic rings. The molecule has 0 spiro atoms. The van der Waals surface area contributed by atoms with Crippen LogP contribution in [0.3, 0.4) is 0 Å². The van der Waals surface area contributed by atoms with Gasteiger partial charge in [0.2, 0.25) is 0 Å². The minimum Gasteiger partial charge on any atom is -0.301 e. The molecular formula is C24H18N4O. The van der Waals surface area contributed by atoms with Gasteiger partial charge < -0.3 is 4.79 Å². The van der Waals surface area contributed by atoms with Crippen molar-refractivity contribution in [3.8, 4) is 11.1 Å². The molecule has 0 fully saturated rings. The van der Waals surface area contributed by atoms with Crippen molar-refractivity contribution in [2.24, 2.45) is 0 Å². The fourth-order valence-electron chi connectivity index (χ4n) is 3.67. The van der Waals surface area contributed by atoms with Gasteiger partial charge in [-0.25, -0.2) is 5.43 Å². The number of para-hydroxylation sites is 1. The summed E-state index contributed by atoms with van der Waals surface area (Å²) < 4.78 is 0. The summed E-state index contributed by atoms with van der Waals surface area (Å²) >= 11 is 0. The summed E-state index contributed by atoms with van der Waals surface area (Å²) in [6.07, 6.45) is 8.27. The van der Waals surface area contributed by atoms with Crippen molar-refractivity contribution in [1.82, 2.24) is 15.4 Å². The lowest BCUT2D eigenvalue weighted by molar-refractivity contribution is -0.108. The van der Waals surface area contributed by atoms with Crippen molar-refractivity contribution >= 4 is 28.6 Å². The number of nitrogens with zero attached hydrogens (tertiary/aromatic N) is 3. The van der Waals surface area contributed by atoms with Gasteiger partial charge >= 0.3 is 0 Å². The molecule has 0 radical (unpaired) electrons. The van der Waals surface area contributed by atoms with Gasteiger partial charge in [0.1, 0.15) is 12.3 Å². The highest BCUT2D eigenvalue weighted by atomic mass is 16.1. The number of aromatic nitrogens is 2. The van der Waals surface area contributed by atoms with Crippen LogP contribution < -0.4 is 10.4 Å². The van der Waals surface area contributed by atoms with Crippen LogP contribution in [0, 0.1) is 0 Å². The summed E-state index contributed by atoms with van der Waals surface area (Å²) in [5, 5.41) is 3.02. The Morgan fingerprint density at radius 3 is 2.52 bits per heavy atom.